The zero-order valence-electron chi connectivity index (χ0n) is 12.5. The summed E-state index contributed by atoms with van der Waals surface area (Å²) in [5, 5.41) is 9.19. The molecule has 6 heteroatoms. The Balaban J connectivity index is 2.14. The van der Waals surface area contributed by atoms with Crippen LogP contribution in [-0.4, -0.2) is 31.5 Å². The molecule has 21 heavy (non-hydrogen) atoms. The predicted octanol–water partition coefficient (Wildman–Crippen LogP) is 2.44. The summed E-state index contributed by atoms with van der Waals surface area (Å²) < 4.78 is 32.8. The summed E-state index contributed by atoms with van der Waals surface area (Å²) >= 11 is 0. The molecule has 0 aliphatic heterocycles. The molecule has 0 bridgehead atoms. The Kier molecular flexibility index (Phi) is 5.11. The smallest absolute Gasteiger partial charge is 0.238 e. The van der Waals surface area contributed by atoms with Gasteiger partial charge in [0, 0.05) is 5.69 Å². The van der Waals surface area contributed by atoms with Crippen LogP contribution in [0.1, 0.15) is 38.2 Å². The largest absolute Gasteiger partial charge is 0.494 e. The van der Waals surface area contributed by atoms with Gasteiger partial charge in [-0.05, 0) is 50.5 Å². The summed E-state index contributed by atoms with van der Waals surface area (Å²) in [6.45, 7) is 4.35. The summed E-state index contributed by atoms with van der Waals surface area (Å²) in [4.78, 5) is 0. The van der Waals surface area contributed by atoms with Crippen LogP contribution in [0.15, 0.2) is 18.2 Å². The molecule has 1 fully saturated rings. The average molecular weight is 313 g/mol. The fraction of sp³-hybridized carbons (Fsp3) is 0.600. The molecule has 1 aromatic carbocycles. The predicted molar refractivity (Wildman–Crippen MR) is 83.2 cm³/mol. The first kappa shape index (κ1) is 16.1. The molecular weight excluding hydrogens is 290 g/mol. The van der Waals surface area contributed by atoms with Crippen molar-refractivity contribution in [1.29, 1.82) is 0 Å². The number of anilines is 1. The number of aliphatic hydroxyl groups is 1. The molecule has 1 aliphatic rings. The highest BCUT2D eigenvalue weighted by atomic mass is 32.2. The van der Waals surface area contributed by atoms with Crippen molar-refractivity contribution in [3.63, 3.8) is 0 Å². The van der Waals surface area contributed by atoms with Crippen LogP contribution in [0.2, 0.25) is 0 Å². The number of aliphatic hydroxyl groups excluding tert-OH is 1. The average Bonchev–Trinajstić information content (AvgIpc) is 2.42. The molecule has 0 saturated heterocycles. The fourth-order valence-electron chi connectivity index (χ4n) is 2.71. The molecule has 2 N–H and O–H groups in total. The van der Waals surface area contributed by atoms with Crippen LogP contribution in [0.5, 0.6) is 5.75 Å². The van der Waals surface area contributed by atoms with Crippen LogP contribution in [0.3, 0.4) is 0 Å². The van der Waals surface area contributed by atoms with E-state index in [2.05, 4.69) is 4.72 Å². The molecule has 1 aliphatic carbocycles. The maximum absolute atomic E-state index is 12.4. The minimum atomic E-state index is -3.57. The van der Waals surface area contributed by atoms with Crippen LogP contribution in [-0.2, 0) is 10.0 Å². The lowest BCUT2D eigenvalue weighted by Crippen LogP contribution is -2.40. The maximum Gasteiger partial charge on any atom is 0.238 e. The second-order valence-electron chi connectivity index (χ2n) is 5.45. The second kappa shape index (κ2) is 6.66. The molecule has 0 amide bonds. The minimum absolute atomic E-state index is 0.506. The molecule has 5 nitrogen and oxygen atoms in total. The quantitative estimate of drug-likeness (QED) is 0.875. The molecule has 0 unspecified atom stereocenters. The minimum Gasteiger partial charge on any atom is -0.494 e. The normalized spacial score (nSPS) is 22.8. The van der Waals surface area contributed by atoms with Crippen molar-refractivity contribution in [2.75, 3.05) is 11.3 Å². The number of nitrogens with one attached hydrogen (secondary N) is 1. The topological polar surface area (TPSA) is 75.6 Å². The number of benzene rings is 1. The number of hydrogen-bond donors (Lipinski definition) is 2. The molecule has 1 aromatic rings. The third-order valence-electron chi connectivity index (χ3n) is 3.80. The zero-order valence-corrected chi connectivity index (χ0v) is 13.3. The van der Waals surface area contributed by atoms with E-state index in [1.165, 1.54) is 0 Å². The van der Waals surface area contributed by atoms with E-state index in [9.17, 15) is 13.5 Å². The van der Waals surface area contributed by atoms with Gasteiger partial charge >= 0.3 is 0 Å². The Morgan fingerprint density at radius 3 is 2.67 bits per heavy atom. The number of aryl methyl sites for hydroxylation is 1. The number of hydrogen-bond acceptors (Lipinski definition) is 4. The number of ether oxygens (including phenoxy) is 1. The molecule has 118 valence electrons. The van der Waals surface area contributed by atoms with Gasteiger partial charge in [-0.25, -0.2) is 8.42 Å². The first-order valence-corrected chi connectivity index (χ1v) is 8.92. The van der Waals surface area contributed by atoms with Crippen LogP contribution in [0, 0.1) is 6.92 Å². The van der Waals surface area contributed by atoms with Crippen molar-refractivity contribution in [2.24, 2.45) is 0 Å². The van der Waals surface area contributed by atoms with Crippen molar-refractivity contribution in [1.82, 2.24) is 0 Å². The highest BCUT2D eigenvalue weighted by Crippen LogP contribution is 2.27. The summed E-state index contributed by atoms with van der Waals surface area (Å²) in [6.07, 6.45) is 2.00. The van der Waals surface area contributed by atoms with Gasteiger partial charge in [-0.2, -0.15) is 0 Å². The molecule has 0 spiro atoms. The summed E-state index contributed by atoms with van der Waals surface area (Å²) in [6, 6.07) is 5.19. The van der Waals surface area contributed by atoms with E-state index in [1.54, 1.807) is 18.2 Å². The Hall–Kier alpha value is -1.27. The first-order chi connectivity index (χ1) is 9.94. The van der Waals surface area contributed by atoms with Gasteiger partial charge in [0.1, 0.15) is 11.0 Å². The van der Waals surface area contributed by atoms with E-state index in [4.69, 9.17) is 4.74 Å². The lowest BCUT2D eigenvalue weighted by molar-refractivity contribution is 0.133. The molecule has 1 saturated carbocycles. The Morgan fingerprint density at radius 2 is 2.05 bits per heavy atom. The van der Waals surface area contributed by atoms with E-state index in [1.807, 2.05) is 13.8 Å². The lowest BCUT2D eigenvalue weighted by atomic mass is 9.97. The Morgan fingerprint density at radius 1 is 1.33 bits per heavy atom. The van der Waals surface area contributed by atoms with Gasteiger partial charge in [0.25, 0.3) is 0 Å². The summed E-state index contributed by atoms with van der Waals surface area (Å²) in [5.41, 5.74) is 1.38. The summed E-state index contributed by atoms with van der Waals surface area (Å²) in [5.74, 6) is 0.748. The van der Waals surface area contributed by atoms with Crippen molar-refractivity contribution >= 4 is 15.7 Å². The maximum atomic E-state index is 12.4. The zero-order chi connectivity index (χ0) is 15.5. The van der Waals surface area contributed by atoms with Gasteiger partial charge in [-0.1, -0.05) is 12.8 Å². The third kappa shape index (κ3) is 3.89. The first-order valence-electron chi connectivity index (χ1n) is 7.37. The molecule has 0 radical (unpaired) electrons. The van der Waals surface area contributed by atoms with Gasteiger partial charge in [-0.15, -0.1) is 0 Å². The van der Waals surface area contributed by atoms with Crippen LogP contribution in [0.25, 0.3) is 0 Å². The van der Waals surface area contributed by atoms with E-state index in [0.29, 0.717) is 25.1 Å². The standard InChI is InChI=1S/C15H23NO4S/c1-3-20-14-9-8-12(10-11(14)2)16-21(18,19)15-7-5-4-6-13(15)17/h8-10,13,15-17H,3-7H2,1-2H3/t13-,15-/m0/s1. The summed E-state index contributed by atoms with van der Waals surface area (Å²) in [7, 11) is -3.57. The van der Waals surface area contributed by atoms with Gasteiger partial charge in [0.05, 0.1) is 12.7 Å². The third-order valence-corrected chi connectivity index (χ3v) is 5.67. The second-order valence-corrected chi connectivity index (χ2v) is 7.35. The van der Waals surface area contributed by atoms with Crippen molar-refractivity contribution < 1.29 is 18.3 Å². The Bertz CT molecular complexity index is 585. The van der Waals surface area contributed by atoms with Gasteiger partial charge < -0.3 is 9.84 Å². The van der Waals surface area contributed by atoms with Gasteiger partial charge in [-0.3, -0.25) is 4.72 Å². The molecular formula is C15H23NO4S. The van der Waals surface area contributed by atoms with Gasteiger partial charge in [0.15, 0.2) is 0 Å². The molecule has 0 heterocycles. The van der Waals surface area contributed by atoms with Crippen molar-refractivity contribution in [3.8, 4) is 5.75 Å². The number of sulfonamides is 1. The van der Waals surface area contributed by atoms with E-state index < -0.39 is 21.4 Å². The van der Waals surface area contributed by atoms with Crippen LogP contribution >= 0.6 is 0 Å². The molecule has 2 atom stereocenters. The van der Waals surface area contributed by atoms with Crippen molar-refractivity contribution in [3.05, 3.63) is 23.8 Å². The van der Waals surface area contributed by atoms with Crippen LogP contribution in [0.4, 0.5) is 5.69 Å². The number of rotatable bonds is 5. The highest BCUT2D eigenvalue weighted by molar-refractivity contribution is 7.93. The highest BCUT2D eigenvalue weighted by Gasteiger charge is 2.34. The van der Waals surface area contributed by atoms with E-state index >= 15 is 0 Å². The molecule has 2 rings (SSSR count). The fourth-order valence-corrected chi connectivity index (χ4v) is 4.34. The van der Waals surface area contributed by atoms with E-state index in [0.717, 1.165) is 24.2 Å². The van der Waals surface area contributed by atoms with Gasteiger partial charge in [0.2, 0.25) is 10.0 Å². The van der Waals surface area contributed by atoms with E-state index in [-0.39, 0.29) is 0 Å². The Labute approximate surface area is 126 Å². The lowest BCUT2D eigenvalue weighted by Gasteiger charge is -2.27. The van der Waals surface area contributed by atoms with Crippen molar-refractivity contribution in [2.45, 2.75) is 50.9 Å². The van der Waals surface area contributed by atoms with Crippen LogP contribution < -0.4 is 9.46 Å². The monoisotopic (exact) mass is 313 g/mol. The SMILES string of the molecule is CCOc1ccc(NS(=O)(=O)[C@H]2CCCC[C@@H]2O)cc1C. The molecule has 0 aromatic heterocycles.